The van der Waals surface area contributed by atoms with E-state index in [1.807, 2.05) is 36.4 Å². The van der Waals surface area contributed by atoms with Crippen molar-refractivity contribution in [1.82, 2.24) is 0 Å². The van der Waals surface area contributed by atoms with Crippen molar-refractivity contribution in [2.75, 3.05) is 24.2 Å². The Labute approximate surface area is 112 Å². The molecule has 0 aromatic heterocycles. The fraction of sp³-hybridized carbons (Fsp3) is 0.133. The summed E-state index contributed by atoms with van der Waals surface area (Å²) in [6.07, 6.45) is 0. The van der Waals surface area contributed by atoms with E-state index in [1.54, 1.807) is 12.1 Å². The first kappa shape index (κ1) is 12.8. The summed E-state index contributed by atoms with van der Waals surface area (Å²) in [5, 5.41) is 11.9. The Kier molecular flexibility index (Phi) is 4.25. The van der Waals surface area contributed by atoms with Crippen LogP contribution in [0.5, 0.6) is 5.75 Å². The minimum absolute atomic E-state index is 0.559. The second-order valence-corrected chi connectivity index (χ2v) is 4.03. The third kappa shape index (κ3) is 3.93. The van der Waals surface area contributed by atoms with Crippen molar-refractivity contribution >= 4 is 11.4 Å². The average molecular weight is 253 g/mol. The first-order chi connectivity index (χ1) is 9.28. The van der Waals surface area contributed by atoms with Crippen LogP contribution in [0.15, 0.2) is 48.5 Å². The number of nitrogens with two attached hydrogens (primary N) is 1. The number of nitrogen functional groups attached to an aromatic ring is 1. The molecular formula is C15H15N3O. The number of nitrogens with zero attached hydrogens (tertiary/aromatic N) is 1. The average Bonchev–Trinajstić information content (AvgIpc) is 2.46. The van der Waals surface area contributed by atoms with Gasteiger partial charge in [0.1, 0.15) is 12.4 Å². The summed E-state index contributed by atoms with van der Waals surface area (Å²) in [6.45, 7) is 1.25. The van der Waals surface area contributed by atoms with Gasteiger partial charge >= 0.3 is 0 Å². The standard InChI is InChI=1S/C15H15N3O/c16-11-12-1-5-14(6-2-12)18-9-10-19-15-7-3-13(17)4-8-15/h1-8,18H,9-10,17H2. The number of ether oxygens (including phenoxy) is 1. The smallest absolute Gasteiger partial charge is 0.119 e. The van der Waals surface area contributed by atoms with Gasteiger partial charge in [-0.1, -0.05) is 0 Å². The van der Waals surface area contributed by atoms with E-state index in [1.165, 1.54) is 0 Å². The topological polar surface area (TPSA) is 71.1 Å². The maximum atomic E-state index is 8.69. The zero-order valence-corrected chi connectivity index (χ0v) is 10.5. The van der Waals surface area contributed by atoms with Crippen LogP contribution >= 0.6 is 0 Å². The van der Waals surface area contributed by atoms with Gasteiger partial charge in [-0.05, 0) is 48.5 Å². The highest BCUT2D eigenvalue weighted by Crippen LogP contribution is 2.13. The third-order valence-electron chi connectivity index (χ3n) is 2.59. The van der Waals surface area contributed by atoms with E-state index in [9.17, 15) is 0 Å². The lowest BCUT2D eigenvalue weighted by atomic mass is 10.2. The molecule has 0 saturated carbocycles. The van der Waals surface area contributed by atoms with Crippen LogP contribution in [0.4, 0.5) is 11.4 Å². The van der Waals surface area contributed by atoms with Gasteiger partial charge < -0.3 is 15.8 Å². The summed E-state index contributed by atoms with van der Waals surface area (Å²) < 4.78 is 5.56. The molecule has 0 fully saturated rings. The van der Waals surface area contributed by atoms with Crippen molar-refractivity contribution in [3.8, 4) is 11.8 Å². The van der Waals surface area contributed by atoms with Crippen LogP contribution in [0, 0.1) is 11.3 Å². The number of benzene rings is 2. The van der Waals surface area contributed by atoms with Gasteiger partial charge in [-0.3, -0.25) is 0 Å². The van der Waals surface area contributed by atoms with Crippen molar-refractivity contribution in [3.63, 3.8) is 0 Å². The maximum Gasteiger partial charge on any atom is 0.119 e. The van der Waals surface area contributed by atoms with Gasteiger partial charge in [-0.2, -0.15) is 5.26 Å². The van der Waals surface area contributed by atoms with Crippen LogP contribution in [0.3, 0.4) is 0 Å². The highest BCUT2D eigenvalue weighted by atomic mass is 16.5. The van der Waals surface area contributed by atoms with Crippen LogP contribution in [-0.2, 0) is 0 Å². The highest BCUT2D eigenvalue weighted by molar-refractivity contribution is 5.47. The van der Waals surface area contributed by atoms with Gasteiger partial charge in [0, 0.05) is 17.9 Å². The molecule has 0 heterocycles. The molecule has 0 spiro atoms. The zero-order chi connectivity index (χ0) is 13.5. The van der Waals surface area contributed by atoms with E-state index in [-0.39, 0.29) is 0 Å². The number of nitriles is 1. The summed E-state index contributed by atoms with van der Waals surface area (Å²) >= 11 is 0. The molecule has 2 aromatic carbocycles. The molecule has 0 radical (unpaired) electrons. The molecule has 0 aliphatic heterocycles. The van der Waals surface area contributed by atoms with E-state index in [4.69, 9.17) is 15.7 Å². The molecule has 19 heavy (non-hydrogen) atoms. The quantitative estimate of drug-likeness (QED) is 0.634. The SMILES string of the molecule is N#Cc1ccc(NCCOc2ccc(N)cc2)cc1. The number of rotatable bonds is 5. The Morgan fingerprint density at radius 3 is 2.37 bits per heavy atom. The van der Waals surface area contributed by atoms with Gasteiger partial charge in [0.2, 0.25) is 0 Å². The molecule has 96 valence electrons. The maximum absolute atomic E-state index is 8.69. The molecule has 0 amide bonds. The normalized spacial score (nSPS) is 9.63. The summed E-state index contributed by atoms with van der Waals surface area (Å²) in [5.41, 5.74) is 7.94. The summed E-state index contributed by atoms with van der Waals surface area (Å²) in [7, 11) is 0. The summed E-state index contributed by atoms with van der Waals surface area (Å²) in [6, 6.07) is 16.7. The van der Waals surface area contributed by atoms with Crippen LogP contribution in [-0.4, -0.2) is 13.2 Å². The van der Waals surface area contributed by atoms with Crippen molar-refractivity contribution in [2.24, 2.45) is 0 Å². The molecule has 0 saturated heterocycles. The summed E-state index contributed by atoms with van der Waals surface area (Å²) in [5.74, 6) is 0.802. The lowest BCUT2D eigenvalue weighted by Gasteiger charge is -2.08. The molecule has 0 atom stereocenters. The van der Waals surface area contributed by atoms with E-state index in [0.29, 0.717) is 18.7 Å². The molecular weight excluding hydrogens is 238 g/mol. The largest absolute Gasteiger partial charge is 0.492 e. The Morgan fingerprint density at radius 1 is 1.05 bits per heavy atom. The van der Waals surface area contributed by atoms with Crippen molar-refractivity contribution in [1.29, 1.82) is 5.26 Å². The monoisotopic (exact) mass is 253 g/mol. The number of hydrogen-bond acceptors (Lipinski definition) is 4. The van der Waals surface area contributed by atoms with E-state index < -0.39 is 0 Å². The Morgan fingerprint density at radius 2 is 1.74 bits per heavy atom. The Hall–Kier alpha value is -2.67. The van der Waals surface area contributed by atoms with E-state index in [2.05, 4.69) is 11.4 Å². The predicted molar refractivity (Wildman–Crippen MR) is 76.0 cm³/mol. The lowest BCUT2D eigenvalue weighted by molar-refractivity contribution is 0.333. The molecule has 0 aliphatic rings. The van der Waals surface area contributed by atoms with Crippen LogP contribution in [0.25, 0.3) is 0 Å². The van der Waals surface area contributed by atoms with Crippen LogP contribution < -0.4 is 15.8 Å². The van der Waals surface area contributed by atoms with Crippen LogP contribution in [0.1, 0.15) is 5.56 Å². The minimum Gasteiger partial charge on any atom is -0.492 e. The molecule has 0 aliphatic carbocycles. The molecule has 4 heteroatoms. The molecule has 0 bridgehead atoms. The van der Waals surface area contributed by atoms with Crippen molar-refractivity contribution < 1.29 is 4.74 Å². The second-order valence-electron chi connectivity index (χ2n) is 4.03. The van der Waals surface area contributed by atoms with E-state index in [0.717, 1.165) is 17.1 Å². The molecule has 0 unspecified atom stereocenters. The lowest BCUT2D eigenvalue weighted by Crippen LogP contribution is -2.11. The van der Waals surface area contributed by atoms with Gasteiger partial charge in [0.25, 0.3) is 0 Å². The fourth-order valence-corrected chi connectivity index (χ4v) is 1.59. The fourth-order valence-electron chi connectivity index (χ4n) is 1.59. The molecule has 2 rings (SSSR count). The molecule has 3 N–H and O–H groups in total. The number of hydrogen-bond donors (Lipinski definition) is 2. The van der Waals surface area contributed by atoms with Gasteiger partial charge in [0.15, 0.2) is 0 Å². The van der Waals surface area contributed by atoms with Gasteiger partial charge in [0.05, 0.1) is 11.6 Å². The predicted octanol–water partition coefficient (Wildman–Crippen LogP) is 2.63. The Bertz CT molecular complexity index is 555. The second kappa shape index (κ2) is 6.31. The number of nitrogens with one attached hydrogen (secondary N) is 1. The van der Waals surface area contributed by atoms with Gasteiger partial charge in [-0.25, -0.2) is 0 Å². The molecule has 2 aromatic rings. The summed E-state index contributed by atoms with van der Waals surface area (Å²) in [4.78, 5) is 0. The third-order valence-corrected chi connectivity index (χ3v) is 2.59. The van der Waals surface area contributed by atoms with Crippen molar-refractivity contribution in [3.05, 3.63) is 54.1 Å². The van der Waals surface area contributed by atoms with E-state index >= 15 is 0 Å². The number of anilines is 2. The Balaban J connectivity index is 1.74. The zero-order valence-electron chi connectivity index (χ0n) is 10.5. The first-order valence-electron chi connectivity index (χ1n) is 6.00. The van der Waals surface area contributed by atoms with Crippen LogP contribution in [0.2, 0.25) is 0 Å². The minimum atomic E-state index is 0.559. The highest BCUT2D eigenvalue weighted by Gasteiger charge is 1.95. The molecule has 4 nitrogen and oxygen atoms in total. The van der Waals surface area contributed by atoms with Crippen molar-refractivity contribution in [2.45, 2.75) is 0 Å². The van der Waals surface area contributed by atoms with Gasteiger partial charge in [-0.15, -0.1) is 0 Å². The first-order valence-corrected chi connectivity index (χ1v) is 6.00.